The number of carboxylic acid groups (broad SMARTS) is 1. The first kappa shape index (κ1) is 15.5. The number of aromatic nitrogens is 2. The monoisotopic (exact) mass is 293 g/mol. The first-order chi connectivity index (χ1) is 9.67. The molecule has 0 aliphatic heterocycles. The fourth-order valence-electron chi connectivity index (χ4n) is 2.96. The number of rotatable bonds is 3. The Morgan fingerprint density at radius 3 is 2.33 bits per heavy atom. The van der Waals surface area contributed by atoms with Crippen LogP contribution in [0.25, 0.3) is 0 Å². The number of aliphatic carboxylic acids is 1. The van der Waals surface area contributed by atoms with E-state index < -0.39 is 11.5 Å². The van der Waals surface area contributed by atoms with Crippen molar-refractivity contribution in [3.63, 3.8) is 0 Å². The van der Waals surface area contributed by atoms with E-state index in [-0.39, 0.29) is 11.4 Å². The molecule has 1 aliphatic carbocycles. The van der Waals surface area contributed by atoms with E-state index in [1.54, 1.807) is 4.68 Å². The van der Waals surface area contributed by atoms with Gasteiger partial charge in [-0.25, -0.2) is 4.79 Å². The SMILES string of the molecule is Cc1c(C(=O)NC2(C(=O)O)CCCC2)cnn1C(C)(C)C. The summed E-state index contributed by atoms with van der Waals surface area (Å²) in [5.74, 6) is -1.30. The molecule has 0 spiro atoms. The highest BCUT2D eigenvalue weighted by Gasteiger charge is 2.43. The third kappa shape index (κ3) is 2.80. The van der Waals surface area contributed by atoms with Crippen molar-refractivity contribution in [2.45, 2.75) is 64.5 Å². The van der Waals surface area contributed by atoms with Crippen LogP contribution in [0.1, 0.15) is 62.5 Å². The Morgan fingerprint density at radius 1 is 1.33 bits per heavy atom. The van der Waals surface area contributed by atoms with Crippen molar-refractivity contribution < 1.29 is 14.7 Å². The molecule has 0 bridgehead atoms. The van der Waals surface area contributed by atoms with Crippen LogP contribution in [0.4, 0.5) is 0 Å². The predicted molar refractivity (Wildman–Crippen MR) is 78.3 cm³/mol. The van der Waals surface area contributed by atoms with Crippen molar-refractivity contribution in [1.29, 1.82) is 0 Å². The van der Waals surface area contributed by atoms with Crippen molar-refractivity contribution in [2.75, 3.05) is 0 Å². The van der Waals surface area contributed by atoms with Gasteiger partial charge in [0.25, 0.3) is 5.91 Å². The number of hydrogen-bond donors (Lipinski definition) is 2. The topological polar surface area (TPSA) is 84.2 Å². The number of carbonyl (C=O) groups is 2. The molecule has 0 saturated heterocycles. The highest BCUT2D eigenvalue weighted by molar-refractivity contribution is 5.98. The van der Waals surface area contributed by atoms with E-state index >= 15 is 0 Å². The molecule has 116 valence electrons. The quantitative estimate of drug-likeness (QED) is 0.893. The molecule has 2 rings (SSSR count). The third-order valence-electron chi connectivity index (χ3n) is 4.11. The molecule has 0 radical (unpaired) electrons. The van der Waals surface area contributed by atoms with Gasteiger partial charge in [-0.05, 0) is 40.5 Å². The van der Waals surface area contributed by atoms with E-state index in [0.717, 1.165) is 18.5 Å². The zero-order valence-corrected chi connectivity index (χ0v) is 13.1. The summed E-state index contributed by atoms with van der Waals surface area (Å²) in [5, 5.41) is 16.4. The average Bonchev–Trinajstić information content (AvgIpc) is 2.95. The lowest BCUT2D eigenvalue weighted by molar-refractivity contribution is -0.144. The number of nitrogens with zero attached hydrogens (tertiary/aromatic N) is 2. The molecular formula is C15H23N3O3. The van der Waals surface area contributed by atoms with E-state index in [4.69, 9.17) is 0 Å². The van der Waals surface area contributed by atoms with Crippen LogP contribution in [0.2, 0.25) is 0 Å². The van der Waals surface area contributed by atoms with Gasteiger partial charge in [0, 0.05) is 5.69 Å². The van der Waals surface area contributed by atoms with Crippen LogP contribution in [0.5, 0.6) is 0 Å². The lowest BCUT2D eigenvalue weighted by Crippen LogP contribution is -2.52. The molecule has 0 atom stereocenters. The Labute approximate surface area is 124 Å². The Bertz CT molecular complexity index is 563. The molecule has 0 aromatic carbocycles. The van der Waals surface area contributed by atoms with Gasteiger partial charge in [0.05, 0.1) is 17.3 Å². The summed E-state index contributed by atoms with van der Waals surface area (Å²) in [4.78, 5) is 23.9. The zero-order chi connectivity index (χ0) is 15.8. The second-order valence-corrected chi connectivity index (χ2v) is 6.77. The van der Waals surface area contributed by atoms with E-state index in [1.807, 2.05) is 27.7 Å². The van der Waals surface area contributed by atoms with Crippen LogP contribution in [0.15, 0.2) is 6.20 Å². The van der Waals surface area contributed by atoms with Crippen molar-refractivity contribution >= 4 is 11.9 Å². The molecule has 1 aromatic rings. The zero-order valence-electron chi connectivity index (χ0n) is 13.1. The van der Waals surface area contributed by atoms with Gasteiger partial charge in [0.15, 0.2) is 0 Å². The van der Waals surface area contributed by atoms with Crippen LogP contribution in [0, 0.1) is 6.92 Å². The smallest absolute Gasteiger partial charge is 0.329 e. The number of carboxylic acids is 1. The summed E-state index contributed by atoms with van der Waals surface area (Å²) >= 11 is 0. The van der Waals surface area contributed by atoms with Gasteiger partial charge < -0.3 is 10.4 Å². The Balaban J connectivity index is 2.25. The van der Waals surface area contributed by atoms with Crippen LogP contribution < -0.4 is 5.32 Å². The molecule has 0 unspecified atom stereocenters. The second-order valence-electron chi connectivity index (χ2n) is 6.77. The number of amides is 1. The van der Waals surface area contributed by atoms with Crippen molar-refractivity contribution in [3.8, 4) is 0 Å². The number of carbonyl (C=O) groups excluding carboxylic acids is 1. The molecule has 1 fully saturated rings. The summed E-state index contributed by atoms with van der Waals surface area (Å²) in [6, 6.07) is 0. The minimum atomic E-state index is -1.12. The van der Waals surface area contributed by atoms with Crippen LogP contribution in [-0.4, -0.2) is 32.3 Å². The summed E-state index contributed by atoms with van der Waals surface area (Å²) in [6.07, 6.45) is 4.14. The number of hydrogen-bond acceptors (Lipinski definition) is 3. The summed E-state index contributed by atoms with van der Waals surface area (Å²) < 4.78 is 1.78. The van der Waals surface area contributed by atoms with E-state index in [1.165, 1.54) is 6.20 Å². The first-order valence-corrected chi connectivity index (χ1v) is 7.28. The highest BCUT2D eigenvalue weighted by atomic mass is 16.4. The second kappa shape index (κ2) is 5.16. The summed E-state index contributed by atoms with van der Waals surface area (Å²) in [5.41, 5.74) is -0.149. The van der Waals surface area contributed by atoms with Crippen LogP contribution >= 0.6 is 0 Å². The first-order valence-electron chi connectivity index (χ1n) is 7.28. The molecule has 1 saturated carbocycles. The Morgan fingerprint density at radius 2 is 1.90 bits per heavy atom. The van der Waals surface area contributed by atoms with Crippen LogP contribution in [-0.2, 0) is 10.3 Å². The predicted octanol–water partition coefficient (Wildman–Crippen LogP) is 2.07. The van der Waals surface area contributed by atoms with Crippen LogP contribution in [0.3, 0.4) is 0 Å². The molecule has 1 aliphatic rings. The molecule has 21 heavy (non-hydrogen) atoms. The van der Waals surface area contributed by atoms with E-state index in [9.17, 15) is 14.7 Å². The molecule has 1 amide bonds. The molecular weight excluding hydrogens is 270 g/mol. The van der Waals surface area contributed by atoms with Crippen molar-refractivity contribution in [1.82, 2.24) is 15.1 Å². The van der Waals surface area contributed by atoms with Gasteiger partial charge in [-0.2, -0.15) is 5.10 Å². The van der Waals surface area contributed by atoms with Gasteiger partial charge in [-0.15, -0.1) is 0 Å². The van der Waals surface area contributed by atoms with Gasteiger partial charge >= 0.3 is 5.97 Å². The van der Waals surface area contributed by atoms with Gasteiger partial charge in [0.2, 0.25) is 0 Å². The van der Waals surface area contributed by atoms with Gasteiger partial charge in [-0.1, -0.05) is 12.8 Å². The Hall–Kier alpha value is -1.85. The van der Waals surface area contributed by atoms with Gasteiger partial charge in [0.1, 0.15) is 5.54 Å². The third-order valence-corrected chi connectivity index (χ3v) is 4.11. The molecule has 1 heterocycles. The fraction of sp³-hybridized carbons (Fsp3) is 0.667. The largest absolute Gasteiger partial charge is 0.480 e. The van der Waals surface area contributed by atoms with Crippen molar-refractivity contribution in [3.05, 3.63) is 17.5 Å². The average molecular weight is 293 g/mol. The minimum absolute atomic E-state index is 0.222. The molecule has 6 nitrogen and oxygen atoms in total. The van der Waals surface area contributed by atoms with Crippen molar-refractivity contribution in [2.24, 2.45) is 0 Å². The normalized spacial score (nSPS) is 17.7. The van der Waals surface area contributed by atoms with E-state index in [2.05, 4.69) is 10.4 Å². The minimum Gasteiger partial charge on any atom is -0.480 e. The summed E-state index contributed by atoms with van der Waals surface area (Å²) in [7, 11) is 0. The Kier molecular flexibility index (Phi) is 3.82. The molecule has 1 aromatic heterocycles. The molecule has 2 N–H and O–H groups in total. The lowest BCUT2D eigenvalue weighted by atomic mass is 9.97. The highest BCUT2D eigenvalue weighted by Crippen LogP contribution is 2.30. The summed E-state index contributed by atoms with van der Waals surface area (Å²) in [6.45, 7) is 7.84. The standard InChI is InChI=1S/C15H23N3O3/c1-10-11(9-16-18(10)14(2,3)4)12(19)17-15(13(20)21)7-5-6-8-15/h9H,5-8H2,1-4H3,(H,17,19)(H,20,21). The van der Waals surface area contributed by atoms with Gasteiger partial charge in [-0.3, -0.25) is 9.48 Å². The fourth-order valence-corrected chi connectivity index (χ4v) is 2.96. The maximum atomic E-state index is 12.4. The number of nitrogens with one attached hydrogen (secondary N) is 1. The maximum Gasteiger partial charge on any atom is 0.329 e. The lowest BCUT2D eigenvalue weighted by Gasteiger charge is -2.25. The van der Waals surface area contributed by atoms with E-state index in [0.29, 0.717) is 18.4 Å². The molecule has 6 heteroatoms. The maximum absolute atomic E-state index is 12.4.